The molecule has 1 aliphatic carbocycles. The maximum Gasteiger partial charge on any atom is 0.270 e. The molecule has 2 aromatic heterocycles. The summed E-state index contributed by atoms with van der Waals surface area (Å²) in [5, 5.41) is 33.3. The van der Waals surface area contributed by atoms with E-state index in [-0.39, 0.29) is 17.0 Å². The van der Waals surface area contributed by atoms with Crippen LogP contribution in [0, 0.1) is 39.7 Å². The van der Waals surface area contributed by atoms with Gasteiger partial charge in [0.25, 0.3) is 11.6 Å². The van der Waals surface area contributed by atoms with Crippen molar-refractivity contribution >= 4 is 34.0 Å². The standard InChI is InChI=1S/C24H18N4O4S/c1-14-6-7-16(28(30)31)11-19(14)21-9-8-17(32-21)10-15(12-25)23(29)27-24-20(13-26)18-4-2-3-5-22(18)33-24/h6-11H,2-5H2,1H3,(H,27,29)/b15-10+. The third-order valence-corrected chi connectivity index (χ3v) is 6.69. The maximum atomic E-state index is 12.8. The first kappa shape index (κ1) is 22.0. The normalized spacial score (nSPS) is 13.0. The van der Waals surface area contributed by atoms with Crippen molar-refractivity contribution in [2.24, 2.45) is 0 Å². The monoisotopic (exact) mass is 458 g/mol. The molecule has 1 amide bonds. The number of carbonyl (C=O) groups is 1. The zero-order valence-corrected chi connectivity index (χ0v) is 18.5. The number of hydrogen-bond donors (Lipinski definition) is 1. The van der Waals surface area contributed by atoms with Crippen LogP contribution in [0.4, 0.5) is 10.7 Å². The molecule has 8 nitrogen and oxygen atoms in total. The molecule has 0 fully saturated rings. The first-order chi connectivity index (χ1) is 15.9. The van der Waals surface area contributed by atoms with Crippen molar-refractivity contribution in [3.05, 3.63) is 73.3 Å². The van der Waals surface area contributed by atoms with Gasteiger partial charge in [-0.2, -0.15) is 10.5 Å². The van der Waals surface area contributed by atoms with Gasteiger partial charge in [0.1, 0.15) is 34.2 Å². The van der Waals surface area contributed by atoms with Gasteiger partial charge in [-0.05, 0) is 55.9 Å². The minimum atomic E-state index is -0.628. The number of thiophene rings is 1. The van der Waals surface area contributed by atoms with Crippen LogP contribution < -0.4 is 5.32 Å². The number of rotatable bonds is 5. The number of nitro groups is 1. The highest BCUT2D eigenvalue weighted by molar-refractivity contribution is 7.16. The van der Waals surface area contributed by atoms with E-state index in [0.717, 1.165) is 41.7 Å². The average molecular weight is 458 g/mol. The molecular weight excluding hydrogens is 440 g/mol. The molecule has 1 N–H and O–H groups in total. The second kappa shape index (κ2) is 9.11. The van der Waals surface area contributed by atoms with E-state index in [0.29, 0.717) is 21.9 Å². The molecule has 0 saturated carbocycles. The molecule has 0 radical (unpaired) electrons. The van der Waals surface area contributed by atoms with Crippen molar-refractivity contribution in [1.82, 2.24) is 0 Å². The van der Waals surface area contributed by atoms with E-state index in [9.17, 15) is 25.4 Å². The molecule has 0 spiro atoms. The molecule has 1 aliphatic rings. The number of fused-ring (bicyclic) bond motifs is 1. The van der Waals surface area contributed by atoms with E-state index in [1.807, 2.05) is 6.07 Å². The van der Waals surface area contributed by atoms with Crippen LogP contribution in [0.5, 0.6) is 0 Å². The van der Waals surface area contributed by atoms with E-state index >= 15 is 0 Å². The van der Waals surface area contributed by atoms with Gasteiger partial charge in [0.05, 0.1) is 10.5 Å². The molecular formula is C24H18N4O4S. The summed E-state index contributed by atoms with van der Waals surface area (Å²) < 4.78 is 5.75. The Morgan fingerprint density at radius 1 is 1.24 bits per heavy atom. The lowest BCUT2D eigenvalue weighted by atomic mass is 9.96. The molecule has 33 heavy (non-hydrogen) atoms. The van der Waals surface area contributed by atoms with Crippen LogP contribution in [0.15, 0.2) is 40.3 Å². The summed E-state index contributed by atoms with van der Waals surface area (Å²) in [5.41, 5.74) is 2.57. The fourth-order valence-corrected chi connectivity index (χ4v) is 5.03. The number of nitrogens with zero attached hydrogens (tertiary/aromatic N) is 3. The highest BCUT2D eigenvalue weighted by Gasteiger charge is 2.23. The van der Waals surface area contributed by atoms with Crippen molar-refractivity contribution in [3.63, 3.8) is 0 Å². The first-order valence-electron chi connectivity index (χ1n) is 10.2. The summed E-state index contributed by atoms with van der Waals surface area (Å²) in [4.78, 5) is 24.5. The third kappa shape index (κ3) is 4.40. The number of non-ortho nitro benzene ring substituents is 1. The average Bonchev–Trinajstić information content (AvgIpc) is 3.41. The molecule has 0 aliphatic heterocycles. The molecule has 0 bridgehead atoms. The van der Waals surface area contributed by atoms with Gasteiger partial charge in [-0.25, -0.2) is 0 Å². The Morgan fingerprint density at radius 2 is 2.03 bits per heavy atom. The summed E-state index contributed by atoms with van der Waals surface area (Å²) >= 11 is 1.39. The minimum Gasteiger partial charge on any atom is -0.457 e. The quantitative estimate of drug-likeness (QED) is 0.232. The lowest BCUT2D eigenvalue weighted by Gasteiger charge is -2.09. The molecule has 0 atom stereocenters. The lowest BCUT2D eigenvalue weighted by molar-refractivity contribution is -0.384. The van der Waals surface area contributed by atoms with E-state index in [1.54, 1.807) is 25.1 Å². The van der Waals surface area contributed by atoms with Crippen molar-refractivity contribution in [3.8, 4) is 23.5 Å². The van der Waals surface area contributed by atoms with Crippen LogP contribution in [-0.4, -0.2) is 10.8 Å². The Morgan fingerprint density at radius 3 is 2.76 bits per heavy atom. The first-order valence-corrected chi connectivity index (χ1v) is 11.1. The van der Waals surface area contributed by atoms with Crippen LogP contribution in [-0.2, 0) is 17.6 Å². The Bertz CT molecular complexity index is 1380. The Balaban J connectivity index is 1.59. The van der Waals surface area contributed by atoms with Crippen LogP contribution >= 0.6 is 11.3 Å². The van der Waals surface area contributed by atoms with Crippen molar-refractivity contribution in [1.29, 1.82) is 10.5 Å². The predicted octanol–water partition coefficient (Wildman–Crippen LogP) is 5.52. The van der Waals surface area contributed by atoms with Crippen molar-refractivity contribution in [2.75, 3.05) is 5.32 Å². The number of nitro benzene ring substituents is 1. The number of anilines is 1. The molecule has 4 rings (SSSR count). The van der Waals surface area contributed by atoms with E-state index in [4.69, 9.17) is 4.42 Å². The molecule has 1 aromatic carbocycles. The molecule has 164 valence electrons. The SMILES string of the molecule is Cc1ccc([N+](=O)[O-])cc1-c1ccc(/C=C(\C#N)C(=O)Nc2sc3c(c2C#N)CCCC3)o1. The summed E-state index contributed by atoms with van der Waals surface area (Å²) in [6.07, 6.45) is 5.08. The number of hydrogen-bond acceptors (Lipinski definition) is 7. The third-order valence-electron chi connectivity index (χ3n) is 5.49. The van der Waals surface area contributed by atoms with Crippen LogP contribution in [0.25, 0.3) is 17.4 Å². The van der Waals surface area contributed by atoms with Crippen LogP contribution in [0.3, 0.4) is 0 Å². The Labute approximate surface area is 193 Å². The minimum absolute atomic E-state index is 0.0619. The zero-order chi connectivity index (χ0) is 23.5. The van der Waals surface area contributed by atoms with Crippen molar-refractivity contribution in [2.45, 2.75) is 32.6 Å². The molecule has 0 unspecified atom stereocenters. The van der Waals surface area contributed by atoms with E-state index < -0.39 is 10.8 Å². The van der Waals surface area contributed by atoms with Gasteiger partial charge in [-0.3, -0.25) is 14.9 Å². The van der Waals surface area contributed by atoms with Crippen LogP contribution in [0.2, 0.25) is 0 Å². The van der Waals surface area contributed by atoms with Crippen molar-refractivity contribution < 1.29 is 14.1 Å². The zero-order valence-electron chi connectivity index (χ0n) is 17.7. The number of nitriles is 2. The van der Waals surface area contributed by atoms with E-state index in [1.165, 1.54) is 29.5 Å². The molecule has 9 heteroatoms. The smallest absolute Gasteiger partial charge is 0.270 e. The Kier molecular flexibility index (Phi) is 6.07. The van der Waals surface area contributed by atoms with Gasteiger partial charge in [0, 0.05) is 28.6 Å². The number of nitrogens with one attached hydrogen (secondary N) is 1. The molecule has 0 saturated heterocycles. The summed E-state index contributed by atoms with van der Waals surface area (Å²) in [5.74, 6) is 0.0171. The highest BCUT2D eigenvalue weighted by Crippen LogP contribution is 2.38. The number of benzene rings is 1. The van der Waals surface area contributed by atoms with Gasteiger partial charge in [-0.1, -0.05) is 6.07 Å². The van der Waals surface area contributed by atoms with Gasteiger partial charge in [0.2, 0.25) is 0 Å². The maximum absolute atomic E-state index is 12.8. The number of aryl methyl sites for hydroxylation is 2. The van der Waals surface area contributed by atoms with Gasteiger partial charge in [-0.15, -0.1) is 11.3 Å². The fraction of sp³-hybridized carbons (Fsp3) is 0.208. The second-order valence-electron chi connectivity index (χ2n) is 7.61. The summed E-state index contributed by atoms with van der Waals surface area (Å²) in [7, 11) is 0. The number of furan rings is 1. The molecule has 3 aromatic rings. The Hall–Kier alpha value is -4.21. The topological polar surface area (TPSA) is 133 Å². The van der Waals surface area contributed by atoms with Gasteiger partial charge in [0.15, 0.2) is 0 Å². The largest absolute Gasteiger partial charge is 0.457 e. The van der Waals surface area contributed by atoms with Gasteiger partial charge < -0.3 is 9.73 Å². The molecule has 2 heterocycles. The van der Waals surface area contributed by atoms with Crippen LogP contribution in [0.1, 0.15) is 40.2 Å². The summed E-state index contributed by atoms with van der Waals surface area (Å²) in [6.45, 7) is 1.80. The lowest BCUT2D eigenvalue weighted by Crippen LogP contribution is -2.13. The van der Waals surface area contributed by atoms with E-state index in [2.05, 4.69) is 11.4 Å². The highest BCUT2D eigenvalue weighted by atomic mass is 32.1. The second-order valence-corrected chi connectivity index (χ2v) is 8.71. The van der Waals surface area contributed by atoms with Gasteiger partial charge >= 0.3 is 0 Å². The fourth-order valence-electron chi connectivity index (χ4n) is 3.80. The summed E-state index contributed by atoms with van der Waals surface area (Å²) in [6, 6.07) is 11.7. The number of amides is 1. The number of carbonyl (C=O) groups excluding carboxylic acids is 1. The predicted molar refractivity (Wildman–Crippen MR) is 123 cm³/mol.